The Labute approximate surface area is 179 Å². The van der Waals surface area contributed by atoms with Gasteiger partial charge < -0.3 is 14.6 Å². The molecule has 0 spiro atoms. The lowest BCUT2D eigenvalue weighted by Gasteiger charge is -2.07. The molecule has 3 rings (SSSR count). The van der Waals surface area contributed by atoms with E-state index in [1.807, 2.05) is 6.92 Å². The first-order chi connectivity index (χ1) is 15.1. The van der Waals surface area contributed by atoms with Crippen LogP contribution in [0.2, 0.25) is 0 Å². The second-order valence-corrected chi connectivity index (χ2v) is 6.55. The van der Waals surface area contributed by atoms with Crippen LogP contribution in [0, 0.1) is 0 Å². The molecule has 0 bridgehead atoms. The highest BCUT2D eigenvalue weighted by Gasteiger charge is 2.10. The number of carbonyl (C=O) groups excluding carboxylic acids is 2. The number of aromatic hydroxyl groups is 1. The quantitative estimate of drug-likeness (QED) is 0.248. The van der Waals surface area contributed by atoms with Crippen LogP contribution in [0.1, 0.15) is 39.6 Å². The summed E-state index contributed by atoms with van der Waals surface area (Å²) in [5, 5.41) is 13.5. The molecule has 31 heavy (non-hydrogen) atoms. The van der Waals surface area contributed by atoms with Crippen molar-refractivity contribution < 1.29 is 24.2 Å². The maximum absolute atomic E-state index is 12.3. The fourth-order valence-corrected chi connectivity index (χ4v) is 2.59. The Morgan fingerprint density at radius 1 is 0.968 bits per heavy atom. The molecular weight excluding hydrogens is 396 g/mol. The van der Waals surface area contributed by atoms with E-state index in [-0.39, 0.29) is 11.3 Å². The molecular formula is C24H22N2O5. The number of rotatable bonds is 8. The van der Waals surface area contributed by atoms with Gasteiger partial charge in [-0.15, -0.1) is 0 Å². The number of nitrogens with zero attached hydrogens (tertiary/aromatic N) is 1. The number of amides is 1. The van der Waals surface area contributed by atoms with Crippen molar-refractivity contribution in [1.82, 2.24) is 5.43 Å². The molecule has 0 aromatic heterocycles. The van der Waals surface area contributed by atoms with Crippen LogP contribution in [0.15, 0.2) is 77.9 Å². The number of nitrogens with one attached hydrogen (secondary N) is 1. The van der Waals surface area contributed by atoms with Gasteiger partial charge in [-0.3, -0.25) is 4.79 Å². The normalized spacial score (nSPS) is 10.6. The second kappa shape index (κ2) is 10.6. The van der Waals surface area contributed by atoms with Gasteiger partial charge in [0.05, 0.1) is 23.9 Å². The summed E-state index contributed by atoms with van der Waals surface area (Å²) in [5.74, 6) is -0.0304. The Kier molecular flexibility index (Phi) is 7.37. The van der Waals surface area contributed by atoms with Gasteiger partial charge in [0.15, 0.2) is 0 Å². The Bertz CT molecular complexity index is 1060. The monoisotopic (exact) mass is 418 g/mol. The van der Waals surface area contributed by atoms with Crippen molar-refractivity contribution in [2.45, 2.75) is 13.3 Å². The van der Waals surface area contributed by atoms with Crippen molar-refractivity contribution in [2.75, 3.05) is 6.61 Å². The predicted molar refractivity (Wildman–Crippen MR) is 117 cm³/mol. The number of carbonyl (C=O) groups is 2. The lowest BCUT2D eigenvalue weighted by molar-refractivity contribution is 0.0734. The molecule has 0 unspecified atom stereocenters. The number of esters is 1. The summed E-state index contributed by atoms with van der Waals surface area (Å²) >= 11 is 0. The smallest absolute Gasteiger partial charge is 0.343 e. The number of para-hydroxylation sites is 1. The maximum atomic E-state index is 12.3. The molecule has 2 N–H and O–H groups in total. The Balaban J connectivity index is 1.53. The number of hydrazone groups is 1. The van der Waals surface area contributed by atoms with Gasteiger partial charge in [0.2, 0.25) is 0 Å². The molecule has 0 fully saturated rings. The second-order valence-electron chi connectivity index (χ2n) is 6.55. The molecule has 0 saturated heterocycles. The van der Waals surface area contributed by atoms with Crippen LogP contribution in [-0.4, -0.2) is 29.8 Å². The van der Waals surface area contributed by atoms with Gasteiger partial charge in [0, 0.05) is 0 Å². The van der Waals surface area contributed by atoms with Gasteiger partial charge in [0.1, 0.15) is 17.2 Å². The molecule has 0 atom stereocenters. The number of hydrogen-bond donors (Lipinski definition) is 2. The van der Waals surface area contributed by atoms with E-state index in [4.69, 9.17) is 9.47 Å². The summed E-state index contributed by atoms with van der Waals surface area (Å²) in [6.45, 7) is 2.65. The molecule has 7 nitrogen and oxygen atoms in total. The highest BCUT2D eigenvalue weighted by molar-refractivity contribution is 5.97. The lowest BCUT2D eigenvalue weighted by Crippen LogP contribution is -2.17. The molecule has 0 radical (unpaired) electrons. The van der Waals surface area contributed by atoms with Gasteiger partial charge in [-0.2, -0.15) is 5.10 Å². The van der Waals surface area contributed by atoms with Gasteiger partial charge >= 0.3 is 5.97 Å². The van der Waals surface area contributed by atoms with E-state index in [2.05, 4.69) is 10.5 Å². The molecule has 158 valence electrons. The van der Waals surface area contributed by atoms with Crippen LogP contribution in [0.25, 0.3) is 0 Å². The van der Waals surface area contributed by atoms with Crippen LogP contribution in [0.3, 0.4) is 0 Å². The summed E-state index contributed by atoms with van der Waals surface area (Å²) in [6.07, 6.45) is 2.35. The fourth-order valence-electron chi connectivity index (χ4n) is 2.59. The van der Waals surface area contributed by atoms with Crippen LogP contribution in [0.4, 0.5) is 0 Å². The van der Waals surface area contributed by atoms with Crippen molar-refractivity contribution in [3.8, 4) is 17.2 Å². The minimum atomic E-state index is -0.522. The van der Waals surface area contributed by atoms with Gasteiger partial charge in [-0.25, -0.2) is 10.2 Å². The zero-order valence-electron chi connectivity index (χ0n) is 16.9. The molecule has 0 aliphatic heterocycles. The molecule has 0 aliphatic rings. The number of benzene rings is 3. The van der Waals surface area contributed by atoms with E-state index in [1.54, 1.807) is 60.7 Å². The third-order valence-corrected chi connectivity index (χ3v) is 4.18. The van der Waals surface area contributed by atoms with Crippen molar-refractivity contribution in [3.05, 3.63) is 89.5 Å². The predicted octanol–water partition coefficient (Wildman–Crippen LogP) is 4.16. The Hall–Kier alpha value is -4.13. The van der Waals surface area contributed by atoms with Crippen molar-refractivity contribution in [3.63, 3.8) is 0 Å². The third-order valence-electron chi connectivity index (χ3n) is 4.18. The number of ether oxygens (including phenoxy) is 2. The highest BCUT2D eigenvalue weighted by atomic mass is 16.5. The van der Waals surface area contributed by atoms with E-state index in [0.29, 0.717) is 29.2 Å². The zero-order valence-corrected chi connectivity index (χ0v) is 16.9. The van der Waals surface area contributed by atoms with E-state index in [0.717, 1.165) is 6.42 Å². The topological polar surface area (TPSA) is 97.2 Å². The first kappa shape index (κ1) is 21.6. The van der Waals surface area contributed by atoms with Gasteiger partial charge in [-0.1, -0.05) is 19.1 Å². The minimum Gasteiger partial charge on any atom is -0.507 e. The fraction of sp³-hybridized carbons (Fsp3) is 0.125. The lowest BCUT2D eigenvalue weighted by atomic mass is 10.2. The first-order valence-corrected chi connectivity index (χ1v) is 9.73. The van der Waals surface area contributed by atoms with Crippen LogP contribution >= 0.6 is 0 Å². The minimum absolute atomic E-state index is 0.121. The average molecular weight is 418 g/mol. The first-order valence-electron chi connectivity index (χ1n) is 9.73. The highest BCUT2D eigenvalue weighted by Crippen LogP contribution is 2.17. The van der Waals surface area contributed by atoms with Crippen molar-refractivity contribution >= 4 is 18.1 Å². The molecule has 0 aliphatic carbocycles. The third kappa shape index (κ3) is 6.17. The SMILES string of the molecule is CCCOc1ccc(C(=O)Oc2ccc(/C=N\NC(=O)c3ccccc3O)cc2)cc1. The summed E-state index contributed by atoms with van der Waals surface area (Å²) in [4.78, 5) is 24.3. The van der Waals surface area contributed by atoms with E-state index in [9.17, 15) is 14.7 Å². The van der Waals surface area contributed by atoms with Gasteiger partial charge in [-0.05, 0) is 72.6 Å². The number of phenols is 1. The van der Waals surface area contributed by atoms with Crippen LogP contribution < -0.4 is 14.9 Å². The van der Waals surface area contributed by atoms with Crippen LogP contribution in [-0.2, 0) is 0 Å². The Morgan fingerprint density at radius 2 is 1.65 bits per heavy atom. The van der Waals surface area contributed by atoms with E-state index < -0.39 is 11.9 Å². The van der Waals surface area contributed by atoms with Crippen LogP contribution in [0.5, 0.6) is 17.2 Å². The Morgan fingerprint density at radius 3 is 2.32 bits per heavy atom. The standard InChI is InChI=1S/C24H22N2O5/c1-2-15-30-19-13-9-18(10-14-19)24(29)31-20-11-7-17(8-12-20)16-25-26-23(28)21-5-3-4-6-22(21)27/h3-14,16,27H,2,15H2,1H3,(H,26,28)/b25-16-. The number of hydrogen-bond acceptors (Lipinski definition) is 6. The van der Waals surface area contributed by atoms with E-state index in [1.165, 1.54) is 18.3 Å². The molecule has 0 heterocycles. The molecule has 0 saturated carbocycles. The van der Waals surface area contributed by atoms with E-state index >= 15 is 0 Å². The molecule has 3 aromatic carbocycles. The summed E-state index contributed by atoms with van der Waals surface area (Å²) in [5.41, 5.74) is 3.59. The number of phenolic OH excluding ortho intramolecular Hbond substituents is 1. The maximum Gasteiger partial charge on any atom is 0.343 e. The van der Waals surface area contributed by atoms with Crippen molar-refractivity contribution in [1.29, 1.82) is 0 Å². The molecule has 7 heteroatoms. The molecule has 1 amide bonds. The summed E-state index contributed by atoms with van der Waals surface area (Å²) < 4.78 is 10.9. The largest absolute Gasteiger partial charge is 0.507 e. The average Bonchev–Trinajstić information content (AvgIpc) is 2.79. The zero-order chi connectivity index (χ0) is 22.1. The summed E-state index contributed by atoms with van der Waals surface area (Å²) in [7, 11) is 0. The molecule has 3 aromatic rings. The summed E-state index contributed by atoms with van der Waals surface area (Å²) in [6, 6.07) is 19.6. The van der Waals surface area contributed by atoms with Crippen molar-refractivity contribution in [2.24, 2.45) is 5.10 Å². The van der Waals surface area contributed by atoms with Gasteiger partial charge in [0.25, 0.3) is 5.91 Å².